The van der Waals surface area contributed by atoms with E-state index in [0.717, 1.165) is 28.4 Å². The molecule has 3 aromatic rings. The molecule has 1 aliphatic carbocycles. The molecule has 0 spiro atoms. The van der Waals surface area contributed by atoms with E-state index in [1.807, 2.05) is 36.4 Å². The second-order valence-electron chi connectivity index (χ2n) is 8.10. The monoisotopic (exact) mass is 436 g/mol. The Kier molecular flexibility index (Phi) is 5.21. The van der Waals surface area contributed by atoms with E-state index < -0.39 is 10.0 Å². The first-order chi connectivity index (χ1) is 15.0. The van der Waals surface area contributed by atoms with Crippen molar-refractivity contribution in [2.75, 3.05) is 31.5 Å². The Bertz CT molecular complexity index is 1220. The van der Waals surface area contributed by atoms with Gasteiger partial charge in [-0.15, -0.1) is 0 Å². The third-order valence-corrected chi connectivity index (χ3v) is 7.97. The molecule has 1 amide bonds. The highest BCUT2D eigenvalue weighted by Gasteiger charge is 2.44. The van der Waals surface area contributed by atoms with Crippen LogP contribution in [-0.4, -0.2) is 49.8 Å². The molecule has 2 aromatic carbocycles. The maximum Gasteiger partial charge on any atom is 0.243 e. The van der Waals surface area contributed by atoms with E-state index >= 15 is 0 Å². The van der Waals surface area contributed by atoms with E-state index in [1.165, 1.54) is 4.31 Å². The summed E-state index contributed by atoms with van der Waals surface area (Å²) in [6.07, 6.45) is 4.30. The minimum absolute atomic E-state index is 0.00378. The minimum Gasteiger partial charge on any atom is -0.326 e. The first-order valence-electron chi connectivity index (χ1n) is 10.5. The molecule has 1 aliphatic heterocycles. The van der Waals surface area contributed by atoms with Gasteiger partial charge in [-0.3, -0.25) is 9.78 Å². The number of benzene rings is 2. The SMILES string of the molecule is O=C(Nc1ccc2cnccc2c1)[C@@H]1C[C@H]1c1ccc(S(=O)(=O)N2CCNCC2)cc1. The van der Waals surface area contributed by atoms with Crippen LogP contribution < -0.4 is 10.6 Å². The van der Waals surface area contributed by atoms with Gasteiger partial charge in [0.15, 0.2) is 0 Å². The fourth-order valence-corrected chi connectivity index (χ4v) is 5.61. The van der Waals surface area contributed by atoms with Crippen molar-refractivity contribution in [3.05, 3.63) is 66.5 Å². The zero-order valence-electron chi connectivity index (χ0n) is 17.0. The van der Waals surface area contributed by atoms with Gasteiger partial charge in [0.25, 0.3) is 0 Å². The lowest BCUT2D eigenvalue weighted by Gasteiger charge is -2.26. The topological polar surface area (TPSA) is 91.4 Å². The van der Waals surface area contributed by atoms with E-state index in [-0.39, 0.29) is 17.7 Å². The third kappa shape index (κ3) is 4.06. The number of hydrogen-bond acceptors (Lipinski definition) is 5. The summed E-state index contributed by atoms with van der Waals surface area (Å²) in [5.41, 5.74) is 1.77. The summed E-state index contributed by atoms with van der Waals surface area (Å²) in [6.45, 7) is 2.31. The first kappa shape index (κ1) is 20.1. The Labute approximate surface area is 181 Å². The highest BCUT2D eigenvalue weighted by atomic mass is 32.2. The largest absolute Gasteiger partial charge is 0.326 e. The van der Waals surface area contributed by atoms with Crippen molar-refractivity contribution in [2.45, 2.75) is 17.2 Å². The summed E-state index contributed by atoms with van der Waals surface area (Å²) in [5, 5.41) is 8.23. The van der Waals surface area contributed by atoms with Gasteiger partial charge in [0.1, 0.15) is 0 Å². The number of amides is 1. The number of hydrogen-bond donors (Lipinski definition) is 2. The molecule has 0 unspecified atom stereocenters. The average molecular weight is 437 g/mol. The zero-order chi connectivity index (χ0) is 21.4. The summed E-state index contributed by atoms with van der Waals surface area (Å²) < 4.78 is 27.1. The van der Waals surface area contributed by atoms with Crippen LogP contribution in [0, 0.1) is 5.92 Å². The van der Waals surface area contributed by atoms with Crippen molar-refractivity contribution >= 4 is 32.4 Å². The number of nitrogens with zero attached hydrogens (tertiary/aromatic N) is 2. The smallest absolute Gasteiger partial charge is 0.243 e. The number of rotatable bonds is 5. The molecule has 1 saturated heterocycles. The van der Waals surface area contributed by atoms with Gasteiger partial charge in [0, 0.05) is 55.6 Å². The van der Waals surface area contributed by atoms with Crippen molar-refractivity contribution in [3.8, 4) is 0 Å². The number of pyridine rings is 1. The Morgan fingerprint density at radius 3 is 2.58 bits per heavy atom. The standard InChI is InChI=1S/C23H24N4O3S/c28-23(26-19-4-1-18-15-25-8-7-17(18)13-19)22-14-21(22)16-2-5-20(6-3-16)31(29,30)27-11-9-24-10-12-27/h1-8,13,15,21-22,24H,9-12,14H2,(H,26,28)/t21-,22+/m0/s1. The highest BCUT2D eigenvalue weighted by Crippen LogP contribution is 2.48. The van der Waals surface area contributed by atoms with Crippen molar-refractivity contribution in [2.24, 2.45) is 5.92 Å². The third-order valence-electron chi connectivity index (χ3n) is 6.06. The van der Waals surface area contributed by atoms with Crippen LogP contribution in [0.4, 0.5) is 5.69 Å². The van der Waals surface area contributed by atoms with Crippen LogP contribution in [0.1, 0.15) is 17.9 Å². The molecule has 31 heavy (non-hydrogen) atoms. The number of nitrogens with one attached hydrogen (secondary N) is 2. The Morgan fingerprint density at radius 2 is 1.81 bits per heavy atom. The Morgan fingerprint density at radius 1 is 1.03 bits per heavy atom. The molecule has 2 aliphatic rings. The maximum atomic E-state index is 12.8. The summed E-state index contributed by atoms with van der Waals surface area (Å²) in [7, 11) is -3.46. The molecule has 5 rings (SSSR count). The quantitative estimate of drug-likeness (QED) is 0.642. The summed E-state index contributed by atoms with van der Waals surface area (Å²) >= 11 is 0. The molecule has 2 heterocycles. The number of fused-ring (bicyclic) bond motifs is 1. The Hall–Kier alpha value is -2.81. The summed E-state index contributed by atoms with van der Waals surface area (Å²) in [5.74, 6) is 0.0280. The number of carbonyl (C=O) groups is 1. The molecular weight excluding hydrogens is 412 g/mol. The number of sulfonamides is 1. The number of aromatic nitrogens is 1. The normalized spacial score (nSPS) is 21.7. The molecule has 1 aromatic heterocycles. The molecule has 0 radical (unpaired) electrons. The molecule has 160 valence electrons. The highest BCUT2D eigenvalue weighted by molar-refractivity contribution is 7.89. The molecule has 7 nitrogen and oxygen atoms in total. The van der Waals surface area contributed by atoms with Gasteiger partial charge in [-0.05, 0) is 53.6 Å². The number of anilines is 1. The van der Waals surface area contributed by atoms with Crippen LogP contribution in [-0.2, 0) is 14.8 Å². The lowest BCUT2D eigenvalue weighted by atomic mass is 10.1. The molecule has 8 heteroatoms. The second kappa shape index (κ2) is 8.03. The van der Waals surface area contributed by atoms with E-state index in [9.17, 15) is 13.2 Å². The van der Waals surface area contributed by atoms with Crippen LogP contribution in [0.2, 0.25) is 0 Å². The maximum absolute atomic E-state index is 12.8. The summed E-state index contributed by atoms with van der Waals surface area (Å²) in [4.78, 5) is 17.1. The predicted molar refractivity (Wildman–Crippen MR) is 119 cm³/mol. The van der Waals surface area contributed by atoms with Gasteiger partial charge in [-0.25, -0.2) is 8.42 Å². The molecule has 0 bridgehead atoms. The molecule has 2 N–H and O–H groups in total. The van der Waals surface area contributed by atoms with Gasteiger partial charge >= 0.3 is 0 Å². The van der Waals surface area contributed by atoms with Crippen LogP contribution >= 0.6 is 0 Å². The lowest BCUT2D eigenvalue weighted by Crippen LogP contribution is -2.46. The van der Waals surface area contributed by atoms with Crippen molar-refractivity contribution in [3.63, 3.8) is 0 Å². The van der Waals surface area contributed by atoms with E-state index in [0.29, 0.717) is 31.1 Å². The summed E-state index contributed by atoms with van der Waals surface area (Å²) in [6, 6.07) is 14.7. The minimum atomic E-state index is -3.46. The first-order valence-corrected chi connectivity index (χ1v) is 11.9. The van der Waals surface area contributed by atoms with Crippen molar-refractivity contribution in [1.82, 2.24) is 14.6 Å². The zero-order valence-corrected chi connectivity index (χ0v) is 17.8. The van der Waals surface area contributed by atoms with E-state index in [1.54, 1.807) is 24.5 Å². The second-order valence-corrected chi connectivity index (χ2v) is 10.0. The van der Waals surface area contributed by atoms with Crippen LogP contribution in [0.5, 0.6) is 0 Å². The van der Waals surface area contributed by atoms with Gasteiger partial charge < -0.3 is 10.6 Å². The van der Waals surface area contributed by atoms with E-state index in [2.05, 4.69) is 15.6 Å². The fourth-order valence-electron chi connectivity index (χ4n) is 4.17. The van der Waals surface area contributed by atoms with Gasteiger partial charge in [0.2, 0.25) is 15.9 Å². The number of piperazine rings is 1. The van der Waals surface area contributed by atoms with Gasteiger partial charge in [0.05, 0.1) is 4.90 Å². The van der Waals surface area contributed by atoms with Crippen molar-refractivity contribution in [1.29, 1.82) is 0 Å². The van der Waals surface area contributed by atoms with Crippen LogP contribution in [0.25, 0.3) is 10.8 Å². The van der Waals surface area contributed by atoms with E-state index in [4.69, 9.17) is 0 Å². The van der Waals surface area contributed by atoms with Crippen LogP contribution in [0.3, 0.4) is 0 Å². The molecule has 2 fully saturated rings. The number of carbonyl (C=O) groups excluding carboxylic acids is 1. The van der Waals surface area contributed by atoms with Gasteiger partial charge in [-0.1, -0.05) is 18.2 Å². The molecular formula is C23H24N4O3S. The predicted octanol–water partition coefficient (Wildman–Crippen LogP) is 2.57. The van der Waals surface area contributed by atoms with Gasteiger partial charge in [-0.2, -0.15) is 4.31 Å². The van der Waals surface area contributed by atoms with Crippen molar-refractivity contribution < 1.29 is 13.2 Å². The molecule has 2 atom stereocenters. The van der Waals surface area contributed by atoms with Crippen LogP contribution in [0.15, 0.2) is 65.8 Å². The average Bonchev–Trinajstić information content (AvgIpc) is 3.61. The Balaban J connectivity index is 1.24. The lowest BCUT2D eigenvalue weighted by molar-refractivity contribution is -0.117. The fraction of sp³-hybridized carbons (Fsp3) is 0.304. The molecule has 1 saturated carbocycles.